The number of carbonyl (C=O) groups is 2. The van der Waals surface area contributed by atoms with Crippen LogP contribution in [0, 0.1) is 17.0 Å². The van der Waals surface area contributed by atoms with Gasteiger partial charge in [-0.2, -0.15) is 13.2 Å². The summed E-state index contributed by atoms with van der Waals surface area (Å²) in [6.07, 6.45) is -3.30. The third-order valence-corrected chi connectivity index (χ3v) is 9.31. The van der Waals surface area contributed by atoms with E-state index >= 15 is 0 Å². The second kappa shape index (κ2) is 12.5. The van der Waals surface area contributed by atoms with Crippen molar-refractivity contribution in [2.45, 2.75) is 38.3 Å². The zero-order valence-electron chi connectivity index (χ0n) is 26.8. The number of hydrogen-bond donors (Lipinski definition) is 0. The minimum Gasteiger partial charge on any atom is -0.460 e. The SMILES string of the molecule is CCOC(=O)c1nccc(-c2c(C)c3ccccc3c3ccc4c(c23)C(c2cccc([N+](=O)[O-])c2)CC(=O)C4c2cccc(C(F)(F)F)c2)n1. The zero-order valence-corrected chi connectivity index (χ0v) is 26.8. The van der Waals surface area contributed by atoms with Gasteiger partial charge >= 0.3 is 12.1 Å². The molecule has 5 aromatic carbocycles. The highest BCUT2D eigenvalue weighted by Crippen LogP contribution is 2.51. The highest BCUT2D eigenvalue weighted by Gasteiger charge is 2.39. The van der Waals surface area contributed by atoms with Crippen LogP contribution in [0.4, 0.5) is 18.9 Å². The molecule has 0 saturated carbocycles. The number of esters is 1. The lowest BCUT2D eigenvalue weighted by molar-refractivity contribution is -0.384. The van der Waals surface area contributed by atoms with Gasteiger partial charge in [0.25, 0.3) is 5.69 Å². The lowest BCUT2D eigenvalue weighted by Gasteiger charge is -2.34. The number of hydrogen-bond acceptors (Lipinski definition) is 7. The summed E-state index contributed by atoms with van der Waals surface area (Å²) in [4.78, 5) is 47.1. The fourth-order valence-corrected chi connectivity index (χ4v) is 7.23. The first-order valence-corrected chi connectivity index (χ1v) is 15.9. The number of fused-ring (bicyclic) bond motifs is 5. The van der Waals surface area contributed by atoms with Gasteiger partial charge in [0.2, 0.25) is 5.82 Å². The van der Waals surface area contributed by atoms with Gasteiger partial charge in [0.15, 0.2) is 0 Å². The van der Waals surface area contributed by atoms with Gasteiger partial charge in [0.05, 0.1) is 28.7 Å². The molecule has 2 unspecified atom stereocenters. The summed E-state index contributed by atoms with van der Waals surface area (Å²) in [6.45, 7) is 3.71. The summed E-state index contributed by atoms with van der Waals surface area (Å²) in [6, 6.07) is 23.9. The summed E-state index contributed by atoms with van der Waals surface area (Å²) in [5, 5.41) is 15.1. The van der Waals surface area contributed by atoms with Gasteiger partial charge in [-0.1, -0.05) is 66.7 Å². The van der Waals surface area contributed by atoms with Crippen LogP contribution in [-0.4, -0.2) is 33.3 Å². The Morgan fingerprint density at radius 3 is 2.42 bits per heavy atom. The third-order valence-electron chi connectivity index (χ3n) is 9.31. The molecule has 250 valence electrons. The molecule has 8 nitrogen and oxygen atoms in total. The number of rotatable bonds is 6. The molecule has 0 radical (unpaired) electrons. The van der Waals surface area contributed by atoms with Crippen molar-refractivity contribution in [3.63, 3.8) is 0 Å². The molecule has 0 spiro atoms. The van der Waals surface area contributed by atoms with Crippen molar-refractivity contribution in [1.82, 2.24) is 9.97 Å². The van der Waals surface area contributed by atoms with Crippen LogP contribution in [0.3, 0.4) is 0 Å². The summed E-state index contributed by atoms with van der Waals surface area (Å²) in [7, 11) is 0. The molecule has 1 aromatic heterocycles. The minimum atomic E-state index is -4.63. The highest BCUT2D eigenvalue weighted by atomic mass is 19.4. The van der Waals surface area contributed by atoms with Crippen molar-refractivity contribution < 1.29 is 32.4 Å². The summed E-state index contributed by atoms with van der Waals surface area (Å²) < 4.78 is 46.9. The Morgan fingerprint density at radius 1 is 0.940 bits per heavy atom. The predicted molar refractivity (Wildman–Crippen MR) is 181 cm³/mol. The van der Waals surface area contributed by atoms with Crippen LogP contribution in [0.15, 0.2) is 97.2 Å². The van der Waals surface area contributed by atoms with E-state index in [1.54, 1.807) is 31.2 Å². The van der Waals surface area contributed by atoms with Gasteiger partial charge in [0, 0.05) is 36.2 Å². The number of nitro benzene ring substituents is 1. The van der Waals surface area contributed by atoms with Gasteiger partial charge in [-0.3, -0.25) is 14.9 Å². The van der Waals surface area contributed by atoms with E-state index < -0.39 is 34.5 Å². The molecule has 0 fully saturated rings. The molecule has 6 aromatic rings. The first-order chi connectivity index (χ1) is 24.0. The van der Waals surface area contributed by atoms with E-state index in [-0.39, 0.29) is 35.9 Å². The minimum absolute atomic E-state index is 0.119. The van der Waals surface area contributed by atoms with Crippen molar-refractivity contribution in [1.29, 1.82) is 0 Å². The van der Waals surface area contributed by atoms with Gasteiger partial charge in [-0.05, 0) is 75.3 Å². The van der Waals surface area contributed by atoms with E-state index in [2.05, 4.69) is 9.97 Å². The van der Waals surface area contributed by atoms with E-state index in [4.69, 9.17) is 4.74 Å². The lowest BCUT2D eigenvalue weighted by Crippen LogP contribution is -2.26. The van der Waals surface area contributed by atoms with Crippen LogP contribution in [0.5, 0.6) is 0 Å². The number of ether oxygens (including phenoxy) is 1. The Kier molecular flexibility index (Phi) is 8.13. The monoisotopic (exact) mass is 675 g/mol. The molecule has 7 rings (SSSR count). The van der Waals surface area contributed by atoms with Crippen LogP contribution >= 0.6 is 0 Å². The number of nitrogens with zero attached hydrogens (tertiary/aromatic N) is 3. The van der Waals surface area contributed by atoms with Crippen LogP contribution in [0.2, 0.25) is 0 Å². The van der Waals surface area contributed by atoms with Gasteiger partial charge in [0.1, 0.15) is 5.78 Å². The van der Waals surface area contributed by atoms with Gasteiger partial charge in [-0.15, -0.1) is 0 Å². The first kappa shape index (κ1) is 32.6. The molecular formula is C39H28F3N3O5. The molecule has 2 atom stereocenters. The largest absolute Gasteiger partial charge is 0.460 e. The number of aromatic nitrogens is 2. The second-order valence-electron chi connectivity index (χ2n) is 12.2. The van der Waals surface area contributed by atoms with Crippen LogP contribution in [0.1, 0.15) is 69.2 Å². The molecule has 50 heavy (non-hydrogen) atoms. The molecule has 0 amide bonds. The topological polar surface area (TPSA) is 112 Å². The summed E-state index contributed by atoms with van der Waals surface area (Å²) >= 11 is 0. The second-order valence-corrected chi connectivity index (χ2v) is 12.2. The smallest absolute Gasteiger partial charge is 0.416 e. The number of carbonyl (C=O) groups excluding carboxylic acids is 2. The van der Waals surface area contributed by atoms with Crippen molar-refractivity contribution in [2.24, 2.45) is 0 Å². The van der Waals surface area contributed by atoms with E-state index in [1.807, 2.05) is 37.3 Å². The molecule has 1 aliphatic carbocycles. The Balaban J connectivity index is 1.62. The fraction of sp³-hybridized carbons (Fsp3) is 0.179. The van der Waals surface area contributed by atoms with E-state index in [9.17, 15) is 32.9 Å². The summed E-state index contributed by atoms with van der Waals surface area (Å²) in [5.74, 6) is -2.93. The molecule has 11 heteroatoms. The Morgan fingerprint density at radius 2 is 1.68 bits per heavy atom. The number of halogens is 3. The zero-order chi connectivity index (χ0) is 35.3. The summed E-state index contributed by atoms with van der Waals surface area (Å²) in [5.41, 5.74) is 2.63. The number of Topliss-reactive ketones (excluding diaryl/α,β-unsaturated/α-hetero) is 1. The maximum atomic E-state index is 14.2. The molecule has 0 bridgehead atoms. The molecule has 1 aliphatic rings. The van der Waals surface area contributed by atoms with Crippen molar-refractivity contribution in [2.75, 3.05) is 6.61 Å². The normalized spacial score (nSPS) is 16.0. The molecule has 0 aliphatic heterocycles. The molecule has 0 saturated heterocycles. The maximum absolute atomic E-state index is 14.2. The van der Waals surface area contributed by atoms with Crippen LogP contribution in [-0.2, 0) is 15.7 Å². The van der Waals surface area contributed by atoms with E-state index in [0.717, 1.165) is 33.9 Å². The van der Waals surface area contributed by atoms with Crippen LogP contribution in [0.25, 0.3) is 32.8 Å². The Bertz CT molecular complexity index is 2370. The standard InChI is InChI=1S/C39H28F3N3O5/c1-3-50-38(47)37-43-17-16-31(44-37)33-21(2)26-12-4-5-13-27(26)28-14-15-29-34(23-9-6-10-24(18-23)39(40,41)42)32(46)20-30(35(29)36(28)33)22-8-7-11-25(19-22)45(48)49/h4-19,30,34H,3,20H2,1-2H3. The third kappa shape index (κ3) is 5.54. The molecule has 0 N–H and O–H groups in total. The van der Waals surface area contributed by atoms with Crippen LogP contribution < -0.4 is 0 Å². The Labute approximate surface area is 283 Å². The number of benzene rings is 5. The van der Waals surface area contributed by atoms with Gasteiger partial charge < -0.3 is 4.74 Å². The van der Waals surface area contributed by atoms with E-state index in [0.29, 0.717) is 33.3 Å². The molecule has 1 heterocycles. The average molecular weight is 676 g/mol. The van der Waals surface area contributed by atoms with Gasteiger partial charge in [-0.25, -0.2) is 14.8 Å². The number of nitro groups is 1. The van der Waals surface area contributed by atoms with Crippen molar-refractivity contribution in [3.05, 3.63) is 147 Å². The number of ketones is 1. The van der Waals surface area contributed by atoms with Crippen molar-refractivity contribution in [3.8, 4) is 11.3 Å². The fourth-order valence-electron chi connectivity index (χ4n) is 7.23. The quantitative estimate of drug-likeness (QED) is 0.0749. The van der Waals surface area contributed by atoms with E-state index in [1.165, 1.54) is 30.5 Å². The highest BCUT2D eigenvalue weighted by molar-refractivity contribution is 6.18. The number of aryl methyl sites for hydroxylation is 1. The van der Waals surface area contributed by atoms with Crippen molar-refractivity contribution >= 4 is 39.0 Å². The first-order valence-electron chi connectivity index (χ1n) is 15.9. The molecular weight excluding hydrogens is 647 g/mol. The number of non-ortho nitro benzene ring substituents is 1. The lowest BCUT2D eigenvalue weighted by atomic mass is 9.68. The predicted octanol–water partition coefficient (Wildman–Crippen LogP) is 9.10. The number of alkyl halides is 3. The maximum Gasteiger partial charge on any atom is 0.416 e. The average Bonchev–Trinajstić information content (AvgIpc) is 3.11. The Hall–Kier alpha value is -5.97.